The minimum atomic E-state index is -3.37. The molecule has 1 amide bonds. The van der Waals surface area contributed by atoms with Gasteiger partial charge in [-0.15, -0.1) is 0 Å². The van der Waals surface area contributed by atoms with Gasteiger partial charge in [-0.1, -0.05) is 12.1 Å². The van der Waals surface area contributed by atoms with E-state index in [1.807, 2.05) is 0 Å². The van der Waals surface area contributed by atoms with E-state index < -0.39 is 16.0 Å². The van der Waals surface area contributed by atoms with E-state index in [9.17, 15) is 18.0 Å². The van der Waals surface area contributed by atoms with Gasteiger partial charge in [0, 0.05) is 13.1 Å². The molecule has 1 fully saturated rings. The molecule has 8 heteroatoms. The van der Waals surface area contributed by atoms with Gasteiger partial charge in [0.2, 0.25) is 15.9 Å². The summed E-state index contributed by atoms with van der Waals surface area (Å²) in [6, 6.07) is 6.73. The number of hydrogen-bond donors (Lipinski definition) is 2. The van der Waals surface area contributed by atoms with Crippen LogP contribution in [0.15, 0.2) is 24.3 Å². The van der Waals surface area contributed by atoms with Crippen LogP contribution in [-0.2, 0) is 21.2 Å². The van der Waals surface area contributed by atoms with Crippen molar-refractivity contribution in [2.75, 3.05) is 25.9 Å². The van der Waals surface area contributed by atoms with Crippen LogP contribution in [0, 0.1) is 5.92 Å². The number of benzene rings is 1. The average Bonchev–Trinajstić information content (AvgIpc) is 2.93. The second-order valence-electron chi connectivity index (χ2n) is 5.79. The Bertz CT molecular complexity index is 684. The Labute approximate surface area is 135 Å². The Balaban J connectivity index is 1.85. The lowest BCUT2D eigenvalue weighted by molar-refractivity contribution is -0.129. The first-order chi connectivity index (χ1) is 10.7. The fourth-order valence-corrected chi connectivity index (χ4v) is 3.03. The number of amides is 1. The molecule has 1 atom stereocenters. The number of hydrogen-bond acceptors (Lipinski definition) is 4. The molecule has 2 N–H and O–H groups in total. The summed E-state index contributed by atoms with van der Waals surface area (Å²) in [6.45, 7) is 0.992. The maximum absolute atomic E-state index is 11.9. The van der Waals surface area contributed by atoms with Crippen molar-refractivity contribution in [2.24, 2.45) is 5.92 Å². The predicted molar refractivity (Wildman–Crippen MR) is 84.6 cm³/mol. The van der Waals surface area contributed by atoms with Crippen molar-refractivity contribution in [2.45, 2.75) is 12.8 Å². The monoisotopic (exact) mass is 340 g/mol. The van der Waals surface area contributed by atoms with E-state index >= 15 is 0 Å². The Morgan fingerprint density at radius 3 is 2.52 bits per heavy atom. The molecule has 0 spiro atoms. The quantitative estimate of drug-likeness (QED) is 0.776. The maximum Gasteiger partial charge on any atom is 0.335 e. The highest BCUT2D eigenvalue weighted by atomic mass is 32.2. The molecule has 1 aliphatic rings. The van der Waals surface area contributed by atoms with E-state index in [2.05, 4.69) is 4.72 Å². The van der Waals surface area contributed by atoms with Gasteiger partial charge in [-0.2, -0.15) is 0 Å². The molecule has 1 saturated heterocycles. The maximum atomic E-state index is 11.9. The summed E-state index contributed by atoms with van der Waals surface area (Å²) >= 11 is 0. The van der Waals surface area contributed by atoms with E-state index in [0.29, 0.717) is 19.0 Å². The van der Waals surface area contributed by atoms with Crippen LogP contribution in [-0.4, -0.2) is 56.2 Å². The van der Waals surface area contributed by atoms with Gasteiger partial charge in [-0.25, -0.2) is 17.9 Å². The van der Waals surface area contributed by atoms with Crippen LogP contribution in [0.25, 0.3) is 0 Å². The largest absolute Gasteiger partial charge is 0.478 e. The van der Waals surface area contributed by atoms with E-state index in [4.69, 9.17) is 5.11 Å². The molecule has 1 aromatic carbocycles. The molecule has 1 unspecified atom stereocenters. The number of carbonyl (C=O) groups excluding carboxylic acids is 1. The standard InChI is InChI=1S/C15H20N2O5S/c1-23(21,22)16-9-14(18)17-7-6-12(10-17)8-11-2-4-13(5-3-11)15(19)20/h2-5,12,16H,6-10H2,1H3,(H,19,20). The van der Waals surface area contributed by atoms with Gasteiger partial charge < -0.3 is 10.0 Å². The highest BCUT2D eigenvalue weighted by molar-refractivity contribution is 7.88. The highest BCUT2D eigenvalue weighted by Gasteiger charge is 2.26. The number of nitrogens with zero attached hydrogens (tertiary/aromatic N) is 1. The summed E-state index contributed by atoms with van der Waals surface area (Å²) in [4.78, 5) is 24.4. The molecule has 1 aromatic rings. The lowest BCUT2D eigenvalue weighted by Crippen LogP contribution is -2.38. The summed E-state index contributed by atoms with van der Waals surface area (Å²) in [7, 11) is -3.37. The third kappa shape index (κ3) is 5.33. The van der Waals surface area contributed by atoms with Crippen molar-refractivity contribution >= 4 is 21.9 Å². The second kappa shape index (κ2) is 7.10. The van der Waals surface area contributed by atoms with Crippen LogP contribution in [0.5, 0.6) is 0 Å². The second-order valence-corrected chi connectivity index (χ2v) is 7.63. The summed E-state index contributed by atoms with van der Waals surface area (Å²) in [5.74, 6) is -0.875. The molecule has 0 radical (unpaired) electrons. The molecule has 0 saturated carbocycles. The number of sulfonamides is 1. The minimum absolute atomic E-state index is 0.209. The van der Waals surface area contributed by atoms with Gasteiger partial charge in [-0.05, 0) is 36.5 Å². The molecular weight excluding hydrogens is 320 g/mol. The van der Waals surface area contributed by atoms with Gasteiger partial charge in [0.1, 0.15) is 0 Å². The SMILES string of the molecule is CS(=O)(=O)NCC(=O)N1CCC(Cc2ccc(C(=O)O)cc2)C1. The lowest BCUT2D eigenvalue weighted by Gasteiger charge is -2.16. The van der Waals surface area contributed by atoms with Crippen LogP contribution in [0.4, 0.5) is 0 Å². The van der Waals surface area contributed by atoms with Gasteiger partial charge in [0.15, 0.2) is 0 Å². The predicted octanol–water partition coefficient (Wildman–Crippen LogP) is 0.325. The first-order valence-electron chi connectivity index (χ1n) is 7.29. The number of aromatic carboxylic acids is 1. The third-order valence-corrected chi connectivity index (χ3v) is 4.52. The van der Waals surface area contributed by atoms with Crippen LogP contribution >= 0.6 is 0 Å². The number of nitrogens with one attached hydrogen (secondary N) is 1. The topological polar surface area (TPSA) is 104 Å². The minimum Gasteiger partial charge on any atom is -0.478 e. The van der Waals surface area contributed by atoms with Crippen LogP contribution in [0.1, 0.15) is 22.3 Å². The molecule has 23 heavy (non-hydrogen) atoms. The number of likely N-dealkylation sites (tertiary alicyclic amines) is 1. The zero-order chi connectivity index (χ0) is 17.0. The first-order valence-corrected chi connectivity index (χ1v) is 9.18. The first kappa shape index (κ1) is 17.4. The summed E-state index contributed by atoms with van der Waals surface area (Å²) < 4.78 is 24.2. The molecule has 0 aliphatic carbocycles. The molecule has 7 nitrogen and oxygen atoms in total. The van der Waals surface area contributed by atoms with E-state index in [0.717, 1.165) is 24.7 Å². The molecule has 0 aromatic heterocycles. The molecular formula is C15H20N2O5S. The summed E-state index contributed by atoms with van der Waals surface area (Å²) in [5.41, 5.74) is 1.28. The van der Waals surface area contributed by atoms with E-state index in [1.165, 1.54) is 0 Å². The van der Waals surface area contributed by atoms with E-state index in [-0.39, 0.29) is 18.0 Å². The van der Waals surface area contributed by atoms with Crippen molar-refractivity contribution in [3.8, 4) is 0 Å². The molecule has 1 aliphatic heterocycles. The van der Waals surface area contributed by atoms with E-state index in [1.54, 1.807) is 29.2 Å². The third-order valence-electron chi connectivity index (χ3n) is 3.85. The molecule has 2 rings (SSSR count). The van der Waals surface area contributed by atoms with Crippen LogP contribution in [0.2, 0.25) is 0 Å². The lowest BCUT2D eigenvalue weighted by atomic mass is 9.98. The zero-order valence-corrected chi connectivity index (χ0v) is 13.7. The Morgan fingerprint density at radius 1 is 1.30 bits per heavy atom. The Kier molecular flexibility index (Phi) is 5.38. The number of carboxylic acids is 1. The number of carbonyl (C=O) groups is 2. The van der Waals surface area contributed by atoms with Crippen molar-refractivity contribution in [1.29, 1.82) is 0 Å². The average molecular weight is 340 g/mol. The fourth-order valence-electron chi connectivity index (χ4n) is 2.65. The number of rotatable bonds is 6. The van der Waals surface area contributed by atoms with Crippen molar-refractivity contribution in [3.63, 3.8) is 0 Å². The Hall–Kier alpha value is -1.93. The summed E-state index contributed by atoms with van der Waals surface area (Å²) in [6.07, 6.45) is 2.64. The van der Waals surface area contributed by atoms with Gasteiger partial charge in [-0.3, -0.25) is 4.79 Å². The molecule has 0 bridgehead atoms. The normalized spacial score (nSPS) is 18.1. The van der Waals surface area contributed by atoms with Crippen molar-refractivity contribution in [3.05, 3.63) is 35.4 Å². The zero-order valence-electron chi connectivity index (χ0n) is 12.9. The van der Waals surface area contributed by atoms with Gasteiger partial charge in [0.05, 0.1) is 18.4 Å². The molecule has 1 heterocycles. The van der Waals surface area contributed by atoms with Crippen LogP contribution < -0.4 is 4.72 Å². The van der Waals surface area contributed by atoms with Gasteiger partial charge >= 0.3 is 5.97 Å². The fraction of sp³-hybridized carbons (Fsp3) is 0.467. The molecule has 126 valence electrons. The van der Waals surface area contributed by atoms with Crippen molar-refractivity contribution < 1.29 is 23.1 Å². The summed E-state index contributed by atoms with van der Waals surface area (Å²) in [5, 5.41) is 8.87. The smallest absolute Gasteiger partial charge is 0.335 e. The van der Waals surface area contributed by atoms with Gasteiger partial charge in [0.25, 0.3) is 0 Å². The van der Waals surface area contributed by atoms with Crippen molar-refractivity contribution in [1.82, 2.24) is 9.62 Å². The Morgan fingerprint density at radius 2 is 1.96 bits per heavy atom. The number of carboxylic acid groups (broad SMARTS) is 1. The van der Waals surface area contributed by atoms with Crippen LogP contribution in [0.3, 0.4) is 0 Å². The highest BCUT2D eigenvalue weighted by Crippen LogP contribution is 2.21.